The predicted octanol–water partition coefficient (Wildman–Crippen LogP) is 2.36. The predicted molar refractivity (Wildman–Crippen MR) is 116 cm³/mol. The zero-order chi connectivity index (χ0) is 20.9. The molecule has 1 saturated heterocycles. The topological polar surface area (TPSA) is 104 Å². The van der Waals surface area contributed by atoms with Gasteiger partial charge in [0.15, 0.2) is 0 Å². The second-order valence-corrected chi connectivity index (χ2v) is 10.0. The minimum Gasteiger partial charge on any atom is -0.340 e. The van der Waals surface area contributed by atoms with Crippen LogP contribution in [0.5, 0.6) is 0 Å². The number of hydrogen-bond donors (Lipinski definition) is 1. The van der Waals surface area contributed by atoms with Gasteiger partial charge < -0.3 is 4.90 Å². The number of piperazine rings is 1. The molecule has 1 saturated carbocycles. The maximum atomic E-state index is 12.6. The molecule has 2 aliphatic rings. The SMILES string of the molecule is Cc1nnc(NC(=O)c2nnc(CCC(=O)N3CCN(C4CCCCC4)CC3)s2)s1. The maximum Gasteiger partial charge on any atom is 0.288 e. The van der Waals surface area contributed by atoms with Crippen molar-refractivity contribution in [3.63, 3.8) is 0 Å². The highest BCUT2D eigenvalue weighted by Crippen LogP contribution is 2.24. The van der Waals surface area contributed by atoms with Gasteiger partial charge >= 0.3 is 0 Å². The first-order valence-corrected chi connectivity index (χ1v) is 12.2. The van der Waals surface area contributed by atoms with E-state index in [-0.39, 0.29) is 16.8 Å². The molecule has 2 aromatic rings. The van der Waals surface area contributed by atoms with Crippen LogP contribution in [0.1, 0.15) is 58.3 Å². The molecule has 1 aliphatic heterocycles. The van der Waals surface area contributed by atoms with Crippen molar-refractivity contribution in [2.75, 3.05) is 31.5 Å². The van der Waals surface area contributed by atoms with Gasteiger partial charge in [-0.3, -0.25) is 19.8 Å². The second-order valence-electron chi connectivity index (χ2n) is 7.79. The van der Waals surface area contributed by atoms with E-state index >= 15 is 0 Å². The molecule has 0 atom stereocenters. The summed E-state index contributed by atoms with van der Waals surface area (Å²) in [6.45, 7) is 5.39. The first-order valence-electron chi connectivity index (χ1n) is 10.5. The Morgan fingerprint density at radius 1 is 1.00 bits per heavy atom. The molecule has 2 fully saturated rings. The molecule has 11 heteroatoms. The molecule has 0 bridgehead atoms. The van der Waals surface area contributed by atoms with E-state index < -0.39 is 0 Å². The van der Waals surface area contributed by atoms with Gasteiger partial charge in [-0.1, -0.05) is 41.9 Å². The van der Waals surface area contributed by atoms with E-state index in [1.165, 1.54) is 54.8 Å². The highest BCUT2D eigenvalue weighted by molar-refractivity contribution is 7.15. The van der Waals surface area contributed by atoms with Gasteiger partial charge in [-0.15, -0.1) is 20.4 Å². The van der Waals surface area contributed by atoms with Crippen molar-refractivity contribution < 1.29 is 9.59 Å². The van der Waals surface area contributed by atoms with E-state index in [0.29, 0.717) is 29.0 Å². The molecule has 0 unspecified atom stereocenters. The van der Waals surface area contributed by atoms with Gasteiger partial charge in [0.2, 0.25) is 16.0 Å². The lowest BCUT2D eigenvalue weighted by Crippen LogP contribution is -2.52. The largest absolute Gasteiger partial charge is 0.340 e. The van der Waals surface area contributed by atoms with Crippen LogP contribution in [0.15, 0.2) is 0 Å². The van der Waals surface area contributed by atoms with Crippen LogP contribution in [0.25, 0.3) is 0 Å². The fraction of sp³-hybridized carbons (Fsp3) is 0.684. The fourth-order valence-electron chi connectivity index (χ4n) is 4.10. The Morgan fingerprint density at radius 3 is 2.47 bits per heavy atom. The fourth-order valence-corrected chi connectivity index (χ4v) is 5.42. The molecule has 162 valence electrons. The lowest BCUT2D eigenvalue weighted by atomic mass is 9.94. The first kappa shape index (κ1) is 21.3. The van der Waals surface area contributed by atoms with Crippen molar-refractivity contribution in [2.24, 2.45) is 0 Å². The molecular formula is C19H27N7O2S2. The third kappa shape index (κ3) is 5.38. The Morgan fingerprint density at radius 2 is 1.77 bits per heavy atom. The van der Waals surface area contributed by atoms with Gasteiger partial charge in [-0.2, -0.15) is 0 Å². The number of carbonyl (C=O) groups excluding carboxylic acids is 2. The second kappa shape index (κ2) is 9.88. The van der Waals surface area contributed by atoms with E-state index in [2.05, 4.69) is 30.6 Å². The summed E-state index contributed by atoms with van der Waals surface area (Å²) in [6, 6.07) is 0.714. The molecular weight excluding hydrogens is 422 g/mol. The van der Waals surface area contributed by atoms with Crippen molar-refractivity contribution in [1.29, 1.82) is 0 Å². The molecule has 0 aromatic carbocycles. The lowest BCUT2D eigenvalue weighted by Gasteiger charge is -2.40. The smallest absolute Gasteiger partial charge is 0.288 e. The first-order chi connectivity index (χ1) is 14.6. The Hall–Kier alpha value is -1.98. The van der Waals surface area contributed by atoms with Crippen LogP contribution >= 0.6 is 22.7 Å². The number of nitrogens with one attached hydrogen (secondary N) is 1. The van der Waals surface area contributed by atoms with Gasteiger partial charge in [-0.05, 0) is 19.8 Å². The summed E-state index contributed by atoms with van der Waals surface area (Å²) in [7, 11) is 0. The highest BCUT2D eigenvalue weighted by Gasteiger charge is 2.27. The quantitative estimate of drug-likeness (QED) is 0.722. The highest BCUT2D eigenvalue weighted by atomic mass is 32.1. The molecule has 2 aromatic heterocycles. The molecule has 0 spiro atoms. The average Bonchev–Trinajstić information content (AvgIpc) is 3.42. The monoisotopic (exact) mass is 449 g/mol. The summed E-state index contributed by atoms with van der Waals surface area (Å²) in [5.41, 5.74) is 0. The van der Waals surface area contributed by atoms with E-state index in [4.69, 9.17) is 0 Å². The van der Waals surface area contributed by atoms with Crippen LogP contribution in [-0.2, 0) is 11.2 Å². The van der Waals surface area contributed by atoms with Crippen LogP contribution in [0.2, 0.25) is 0 Å². The van der Waals surface area contributed by atoms with Crippen molar-refractivity contribution in [2.45, 2.75) is 57.9 Å². The average molecular weight is 450 g/mol. The Balaban J connectivity index is 1.21. The molecule has 0 radical (unpaired) electrons. The molecule has 4 rings (SSSR count). The summed E-state index contributed by atoms with van der Waals surface area (Å²) in [5.74, 6) is -0.191. The number of aryl methyl sites for hydroxylation is 2. The molecule has 1 N–H and O–H groups in total. The summed E-state index contributed by atoms with van der Waals surface area (Å²) < 4.78 is 0. The number of anilines is 1. The van der Waals surface area contributed by atoms with Gasteiger partial charge in [0.1, 0.15) is 10.0 Å². The number of amides is 2. The van der Waals surface area contributed by atoms with Crippen molar-refractivity contribution in [3.05, 3.63) is 15.0 Å². The van der Waals surface area contributed by atoms with Crippen LogP contribution in [0.3, 0.4) is 0 Å². The van der Waals surface area contributed by atoms with Crippen LogP contribution < -0.4 is 5.32 Å². The van der Waals surface area contributed by atoms with Crippen LogP contribution in [0, 0.1) is 6.92 Å². The van der Waals surface area contributed by atoms with E-state index in [0.717, 1.165) is 31.2 Å². The summed E-state index contributed by atoms with van der Waals surface area (Å²) >= 11 is 2.52. The minimum absolute atomic E-state index is 0.156. The lowest BCUT2D eigenvalue weighted by molar-refractivity contribution is -0.133. The van der Waals surface area contributed by atoms with Crippen molar-refractivity contribution in [1.82, 2.24) is 30.2 Å². The Labute approximate surface area is 183 Å². The summed E-state index contributed by atoms with van der Waals surface area (Å²) in [4.78, 5) is 29.4. The number of aromatic nitrogens is 4. The van der Waals surface area contributed by atoms with Gasteiger partial charge in [-0.25, -0.2) is 0 Å². The Kier molecular flexibility index (Phi) is 7.00. The van der Waals surface area contributed by atoms with Crippen LogP contribution in [0.4, 0.5) is 5.13 Å². The number of carbonyl (C=O) groups is 2. The number of hydrogen-bond acceptors (Lipinski definition) is 9. The van der Waals surface area contributed by atoms with E-state index in [9.17, 15) is 9.59 Å². The van der Waals surface area contributed by atoms with Gasteiger partial charge in [0, 0.05) is 45.1 Å². The molecule has 1 aliphatic carbocycles. The zero-order valence-corrected chi connectivity index (χ0v) is 18.8. The number of rotatable bonds is 6. The van der Waals surface area contributed by atoms with Crippen molar-refractivity contribution in [3.8, 4) is 0 Å². The van der Waals surface area contributed by atoms with Gasteiger partial charge in [0.25, 0.3) is 5.91 Å². The van der Waals surface area contributed by atoms with Gasteiger partial charge in [0.05, 0.1) is 0 Å². The molecule has 9 nitrogen and oxygen atoms in total. The van der Waals surface area contributed by atoms with E-state index in [1.807, 2.05) is 11.8 Å². The summed E-state index contributed by atoms with van der Waals surface area (Å²) in [5, 5.41) is 20.6. The molecule has 2 amide bonds. The summed E-state index contributed by atoms with van der Waals surface area (Å²) in [6.07, 6.45) is 7.56. The third-order valence-electron chi connectivity index (χ3n) is 5.72. The van der Waals surface area contributed by atoms with Crippen LogP contribution in [-0.4, -0.2) is 74.2 Å². The van der Waals surface area contributed by atoms with E-state index in [1.54, 1.807) is 0 Å². The Bertz CT molecular complexity index is 870. The van der Waals surface area contributed by atoms with Crippen molar-refractivity contribution >= 4 is 39.6 Å². The minimum atomic E-state index is -0.347. The maximum absolute atomic E-state index is 12.6. The molecule has 30 heavy (non-hydrogen) atoms. The standard InChI is InChI=1S/C19H27N7O2S2/c1-13-21-24-19(29-13)20-17(28)18-23-22-15(30-18)7-8-16(27)26-11-9-25(10-12-26)14-5-3-2-4-6-14/h14H,2-12H2,1H3,(H,20,24,28). The normalized spacial score (nSPS) is 18.5. The number of nitrogens with zero attached hydrogens (tertiary/aromatic N) is 6. The third-order valence-corrected chi connectivity index (χ3v) is 7.45. The molecule has 3 heterocycles. The zero-order valence-electron chi connectivity index (χ0n) is 17.2.